The summed E-state index contributed by atoms with van der Waals surface area (Å²) in [5.74, 6) is 0. The number of aromatic amines is 1. The summed E-state index contributed by atoms with van der Waals surface area (Å²) in [5, 5.41) is 4.69. The van der Waals surface area contributed by atoms with Crippen molar-refractivity contribution in [3.05, 3.63) is 23.3 Å². The molecule has 108 valence electrons. The number of quaternary nitrogens is 1. The summed E-state index contributed by atoms with van der Waals surface area (Å²) < 4.78 is 6.71. The smallest absolute Gasteiger partial charge is 0.332 e. The summed E-state index contributed by atoms with van der Waals surface area (Å²) >= 11 is 1.81. The molecule has 0 aliphatic carbocycles. The van der Waals surface area contributed by atoms with Gasteiger partial charge in [0.2, 0.25) is 0 Å². The van der Waals surface area contributed by atoms with E-state index in [1.807, 2.05) is 0 Å². The van der Waals surface area contributed by atoms with Gasteiger partial charge < -0.3 is 9.64 Å². The Morgan fingerprint density at radius 1 is 1.25 bits per heavy atom. The van der Waals surface area contributed by atoms with Crippen molar-refractivity contribution in [3.63, 3.8) is 0 Å². The number of H-pyrrole nitrogens is 1. The van der Waals surface area contributed by atoms with Gasteiger partial charge in [-0.2, -0.15) is 0 Å². The monoisotopic (exact) mass is 293 g/mol. The molecule has 20 heavy (non-hydrogen) atoms. The molecule has 4 nitrogen and oxygen atoms in total. The van der Waals surface area contributed by atoms with E-state index in [1.165, 1.54) is 21.3 Å². The van der Waals surface area contributed by atoms with Crippen molar-refractivity contribution in [1.82, 2.24) is 0 Å². The van der Waals surface area contributed by atoms with Crippen molar-refractivity contribution in [3.8, 4) is 0 Å². The lowest BCUT2D eigenvalue weighted by molar-refractivity contribution is -0.906. The van der Waals surface area contributed by atoms with Gasteiger partial charge in [0.25, 0.3) is 0 Å². The molecule has 0 atom stereocenters. The summed E-state index contributed by atoms with van der Waals surface area (Å²) in [6, 6.07) is 4.50. The van der Waals surface area contributed by atoms with E-state index in [-0.39, 0.29) is 0 Å². The Morgan fingerprint density at radius 3 is 2.80 bits per heavy atom. The van der Waals surface area contributed by atoms with Crippen LogP contribution in [-0.2, 0) is 4.74 Å². The van der Waals surface area contributed by atoms with Crippen LogP contribution in [0.25, 0.3) is 10.2 Å². The molecule has 0 saturated carbocycles. The molecule has 3 N–H and O–H groups in total. The minimum atomic E-state index is 0.906. The molecular weight excluding hydrogens is 270 g/mol. The highest BCUT2D eigenvalue weighted by atomic mass is 32.1. The fourth-order valence-corrected chi connectivity index (χ4v) is 3.58. The molecule has 1 fully saturated rings. The molecule has 0 bridgehead atoms. The third-order valence-corrected chi connectivity index (χ3v) is 5.03. The van der Waals surface area contributed by atoms with E-state index < -0.39 is 0 Å². The van der Waals surface area contributed by atoms with Gasteiger partial charge in [0.1, 0.15) is 31.7 Å². The van der Waals surface area contributed by atoms with Crippen LogP contribution in [-0.4, -0.2) is 39.4 Å². The fourth-order valence-electron chi connectivity index (χ4n) is 2.57. The van der Waals surface area contributed by atoms with Gasteiger partial charge >= 0.3 is 5.13 Å². The molecule has 0 radical (unpaired) electrons. The summed E-state index contributed by atoms with van der Waals surface area (Å²) in [6.07, 6.45) is 0. The van der Waals surface area contributed by atoms with Crippen molar-refractivity contribution in [2.24, 2.45) is 0 Å². The average molecular weight is 293 g/mol. The standard InChI is InChI=1S/C15H21N3OS/c1-11-9-13-14(10-12(11)2)20-15(17-13)16-3-4-18-5-7-19-8-6-18/h9-10H,3-8H2,1-2H3,(H,16,17)/p+2. The van der Waals surface area contributed by atoms with Gasteiger partial charge in [-0.25, -0.2) is 4.98 Å². The number of benzene rings is 1. The van der Waals surface area contributed by atoms with E-state index in [0.717, 1.165) is 44.5 Å². The van der Waals surface area contributed by atoms with Crippen molar-refractivity contribution in [1.29, 1.82) is 0 Å². The van der Waals surface area contributed by atoms with Crippen LogP contribution in [0.1, 0.15) is 11.1 Å². The van der Waals surface area contributed by atoms with Gasteiger partial charge in [-0.15, -0.1) is 0 Å². The highest BCUT2D eigenvalue weighted by Crippen LogP contribution is 2.24. The number of aryl methyl sites for hydroxylation is 2. The van der Waals surface area contributed by atoms with Crippen LogP contribution in [0.4, 0.5) is 5.13 Å². The molecule has 5 heteroatoms. The van der Waals surface area contributed by atoms with Crippen LogP contribution in [0, 0.1) is 13.8 Å². The second-order valence-electron chi connectivity index (χ2n) is 5.53. The van der Waals surface area contributed by atoms with Gasteiger partial charge in [-0.1, -0.05) is 0 Å². The van der Waals surface area contributed by atoms with Gasteiger partial charge in [-0.05, 0) is 48.4 Å². The lowest BCUT2D eigenvalue weighted by atomic mass is 10.1. The largest absolute Gasteiger partial charge is 0.370 e. The van der Waals surface area contributed by atoms with Crippen LogP contribution in [0.3, 0.4) is 0 Å². The van der Waals surface area contributed by atoms with Crippen LogP contribution in [0.5, 0.6) is 0 Å². The molecule has 1 aromatic heterocycles. The number of anilines is 1. The number of thiazole rings is 1. The average Bonchev–Trinajstić information content (AvgIpc) is 2.82. The predicted octanol–water partition coefficient (Wildman–Crippen LogP) is 0.659. The highest BCUT2D eigenvalue weighted by Gasteiger charge is 2.15. The maximum absolute atomic E-state index is 5.38. The first-order valence-corrected chi connectivity index (χ1v) is 8.12. The molecule has 0 amide bonds. The molecule has 1 aliphatic heterocycles. The quantitative estimate of drug-likeness (QED) is 0.869. The lowest BCUT2D eigenvalue weighted by Gasteiger charge is -2.22. The number of nitrogens with one attached hydrogen (secondary N) is 3. The second kappa shape index (κ2) is 6.08. The summed E-state index contributed by atoms with van der Waals surface area (Å²) in [6.45, 7) is 10.6. The number of hydrogen-bond acceptors (Lipinski definition) is 3. The number of aromatic nitrogens is 1. The zero-order valence-electron chi connectivity index (χ0n) is 12.2. The van der Waals surface area contributed by atoms with Gasteiger partial charge in [0, 0.05) is 0 Å². The Balaban J connectivity index is 1.60. The van der Waals surface area contributed by atoms with Crippen molar-refractivity contribution in [2.75, 3.05) is 44.7 Å². The van der Waals surface area contributed by atoms with Gasteiger partial charge in [-0.3, -0.25) is 5.32 Å². The first kappa shape index (κ1) is 13.8. The van der Waals surface area contributed by atoms with Crippen molar-refractivity contribution in [2.45, 2.75) is 13.8 Å². The molecule has 3 rings (SSSR count). The number of hydrogen-bond donors (Lipinski definition) is 2. The number of fused-ring (bicyclic) bond motifs is 1. The van der Waals surface area contributed by atoms with Gasteiger partial charge in [0.15, 0.2) is 0 Å². The molecule has 1 aliphatic rings. The maximum Gasteiger partial charge on any atom is 0.332 e. The van der Waals surface area contributed by atoms with E-state index in [1.54, 1.807) is 16.2 Å². The normalized spacial score (nSPS) is 16.7. The molecule has 2 aromatic rings. The maximum atomic E-state index is 5.38. The third kappa shape index (κ3) is 3.11. The van der Waals surface area contributed by atoms with Crippen LogP contribution in [0.2, 0.25) is 0 Å². The van der Waals surface area contributed by atoms with Crippen molar-refractivity contribution < 1.29 is 14.6 Å². The zero-order valence-corrected chi connectivity index (χ0v) is 13.0. The second-order valence-corrected chi connectivity index (χ2v) is 6.58. The summed E-state index contributed by atoms with van der Waals surface area (Å²) in [5.41, 5.74) is 3.94. The lowest BCUT2D eigenvalue weighted by Crippen LogP contribution is -3.14. The van der Waals surface area contributed by atoms with Crippen molar-refractivity contribution >= 4 is 26.7 Å². The molecule has 0 spiro atoms. The fraction of sp³-hybridized carbons (Fsp3) is 0.533. The minimum absolute atomic E-state index is 0.906. The zero-order chi connectivity index (χ0) is 13.9. The van der Waals surface area contributed by atoms with Crippen LogP contribution in [0.15, 0.2) is 12.1 Å². The third-order valence-electron chi connectivity index (χ3n) is 4.02. The Labute approximate surface area is 123 Å². The first-order valence-electron chi connectivity index (χ1n) is 7.30. The number of morpholine rings is 1. The molecule has 2 heterocycles. The Hall–Kier alpha value is -1.17. The first-order chi connectivity index (χ1) is 9.72. The predicted molar refractivity (Wildman–Crippen MR) is 82.7 cm³/mol. The summed E-state index contributed by atoms with van der Waals surface area (Å²) in [4.78, 5) is 5.11. The van der Waals surface area contributed by atoms with Crippen LogP contribution < -0.4 is 15.2 Å². The van der Waals surface area contributed by atoms with Crippen LogP contribution >= 0.6 is 11.3 Å². The molecule has 1 aromatic carbocycles. The Bertz CT molecular complexity index is 551. The van der Waals surface area contributed by atoms with E-state index in [0.29, 0.717) is 0 Å². The minimum Gasteiger partial charge on any atom is -0.370 e. The highest BCUT2D eigenvalue weighted by molar-refractivity contribution is 7.21. The van der Waals surface area contributed by atoms with E-state index in [4.69, 9.17) is 4.74 Å². The molecular formula is C15H23N3OS+2. The number of ether oxygens (including phenoxy) is 1. The molecule has 1 saturated heterocycles. The van der Waals surface area contributed by atoms with Gasteiger partial charge in [0.05, 0.1) is 17.9 Å². The van der Waals surface area contributed by atoms with E-state index in [2.05, 4.69) is 36.3 Å². The SMILES string of the molecule is Cc1cc2[nH+]c(NCC[NH+]3CCOCC3)sc2cc1C. The van der Waals surface area contributed by atoms with E-state index in [9.17, 15) is 0 Å². The summed E-state index contributed by atoms with van der Waals surface area (Å²) in [7, 11) is 0. The molecule has 0 unspecified atom stereocenters. The topological polar surface area (TPSA) is 39.8 Å². The number of rotatable bonds is 4. The van der Waals surface area contributed by atoms with E-state index >= 15 is 0 Å². The Kier molecular flexibility index (Phi) is 4.19. The Morgan fingerprint density at radius 2 is 2.00 bits per heavy atom.